The summed E-state index contributed by atoms with van der Waals surface area (Å²) < 4.78 is 0. The van der Waals surface area contributed by atoms with Crippen LogP contribution in [0.2, 0.25) is 0 Å². The molecule has 104 valence electrons. The van der Waals surface area contributed by atoms with Gasteiger partial charge in [-0.3, -0.25) is 10.1 Å². The van der Waals surface area contributed by atoms with E-state index >= 15 is 0 Å². The number of nitrogens with zero attached hydrogens (tertiary/aromatic N) is 1. The zero-order chi connectivity index (χ0) is 13.8. The van der Waals surface area contributed by atoms with E-state index in [0.717, 1.165) is 31.4 Å². The molecule has 0 amide bonds. The molecule has 0 aliphatic heterocycles. The smallest absolute Gasteiger partial charge is 0.292 e. The van der Waals surface area contributed by atoms with E-state index in [-0.39, 0.29) is 11.4 Å². The van der Waals surface area contributed by atoms with Crippen molar-refractivity contribution in [1.82, 2.24) is 5.32 Å². The predicted octanol–water partition coefficient (Wildman–Crippen LogP) is 2.12. The van der Waals surface area contributed by atoms with E-state index in [1.54, 1.807) is 12.1 Å². The summed E-state index contributed by atoms with van der Waals surface area (Å²) in [6.45, 7) is 0. The van der Waals surface area contributed by atoms with E-state index in [2.05, 4.69) is 10.6 Å². The molecule has 0 heterocycles. The van der Waals surface area contributed by atoms with E-state index in [4.69, 9.17) is 5.73 Å². The maximum absolute atomic E-state index is 10.7. The molecule has 0 atom stereocenters. The Kier molecular flexibility index (Phi) is 4.21. The normalized spacial score (nSPS) is 23.0. The number of nitrogen functional groups attached to an aromatic ring is 1. The Bertz CT molecular complexity index is 456. The van der Waals surface area contributed by atoms with Crippen LogP contribution in [0.25, 0.3) is 0 Å². The molecule has 0 bridgehead atoms. The number of nitrogens with one attached hydrogen (secondary N) is 2. The molecule has 2 rings (SSSR count). The van der Waals surface area contributed by atoms with Gasteiger partial charge in [0.25, 0.3) is 5.69 Å². The van der Waals surface area contributed by atoms with Crippen molar-refractivity contribution in [1.29, 1.82) is 0 Å². The second-order valence-corrected chi connectivity index (χ2v) is 5.01. The quantitative estimate of drug-likeness (QED) is 0.440. The molecule has 0 saturated heterocycles. The number of nitro benzene ring substituents is 1. The summed E-state index contributed by atoms with van der Waals surface area (Å²) in [6, 6.07) is 5.85. The van der Waals surface area contributed by atoms with Crippen molar-refractivity contribution in [3.05, 3.63) is 28.3 Å². The molecule has 1 aromatic carbocycles. The second-order valence-electron chi connectivity index (χ2n) is 5.01. The summed E-state index contributed by atoms with van der Waals surface area (Å²) in [4.78, 5) is 10.2. The number of nitro groups is 1. The van der Waals surface area contributed by atoms with Crippen LogP contribution >= 0.6 is 0 Å². The molecular weight excluding hydrogens is 244 g/mol. The molecule has 19 heavy (non-hydrogen) atoms. The average Bonchev–Trinajstić information content (AvgIpc) is 2.39. The van der Waals surface area contributed by atoms with Gasteiger partial charge in [-0.1, -0.05) is 0 Å². The van der Waals surface area contributed by atoms with E-state index in [0.29, 0.717) is 12.1 Å². The Labute approximate surface area is 112 Å². The topological polar surface area (TPSA) is 93.2 Å². The lowest BCUT2D eigenvalue weighted by Crippen LogP contribution is -2.34. The Morgan fingerprint density at radius 2 is 1.89 bits per heavy atom. The molecule has 1 aliphatic rings. The van der Waals surface area contributed by atoms with Gasteiger partial charge in [-0.15, -0.1) is 0 Å². The van der Waals surface area contributed by atoms with Crippen molar-refractivity contribution in [3.8, 4) is 0 Å². The van der Waals surface area contributed by atoms with Crippen LogP contribution in [-0.2, 0) is 0 Å². The molecule has 1 aliphatic carbocycles. The largest absolute Gasteiger partial charge is 0.393 e. The summed E-state index contributed by atoms with van der Waals surface area (Å²) in [5.74, 6) is 0. The standard InChI is InChI=1S/C13H20N4O2/c1-15-9-2-4-10(5-3-9)16-11-6-7-13(17(18)19)12(14)8-11/h6-10,15-16H,2-5,14H2,1H3. The monoisotopic (exact) mass is 264 g/mol. The Morgan fingerprint density at radius 1 is 1.26 bits per heavy atom. The van der Waals surface area contributed by atoms with E-state index in [1.807, 2.05) is 7.05 Å². The average molecular weight is 264 g/mol. The van der Waals surface area contributed by atoms with E-state index in [9.17, 15) is 10.1 Å². The third kappa shape index (κ3) is 3.35. The molecule has 6 nitrogen and oxygen atoms in total. The number of benzene rings is 1. The lowest BCUT2D eigenvalue weighted by atomic mass is 9.91. The van der Waals surface area contributed by atoms with Gasteiger partial charge in [0.05, 0.1) is 4.92 Å². The zero-order valence-electron chi connectivity index (χ0n) is 11.1. The fourth-order valence-corrected chi connectivity index (χ4v) is 2.57. The SMILES string of the molecule is CNC1CCC(Nc2ccc([N+](=O)[O-])c(N)c2)CC1. The molecule has 6 heteroatoms. The molecule has 4 N–H and O–H groups in total. The Morgan fingerprint density at radius 3 is 2.42 bits per heavy atom. The van der Waals surface area contributed by atoms with Crippen LogP contribution in [0.3, 0.4) is 0 Å². The highest BCUT2D eigenvalue weighted by Crippen LogP contribution is 2.27. The van der Waals surface area contributed by atoms with Gasteiger partial charge in [-0.25, -0.2) is 0 Å². The first-order chi connectivity index (χ1) is 9.10. The summed E-state index contributed by atoms with van der Waals surface area (Å²) in [5, 5.41) is 17.4. The van der Waals surface area contributed by atoms with Gasteiger partial charge in [0.1, 0.15) is 5.69 Å². The molecule has 0 unspecified atom stereocenters. The third-order valence-corrected chi connectivity index (χ3v) is 3.73. The summed E-state index contributed by atoms with van der Waals surface area (Å²) in [5.41, 5.74) is 6.71. The molecule has 1 saturated carbocycles. The lowest BCUT2D eigenvalue weighted by Gasteiger charge is -2.29. The number of hydrogen-bond acceptors (Lipinski definition) is 5. The van der Waals surface area contributed by atoms with Crippen LogP contribution < -0.4 is 16.4 Å². The van der Waals surface area contributed by atoms with Crippen molar-refractivity contribution in [3.63, 3.8) is 0 Å². The van der Waals surface area contributed by atoms with Crippen LogP contribution in [0, 0.1) is 10.1 Å². The number of nitrogens with two attached hydrogens (primary N) is 1. The van der Waals surface area contributed by atoms with Crippen LogP contribution in [0.15, 0.2) is 18.2 Å². The third-order valence-electron chi connectivity index (χ3n) is 3.73. The molecule has 0 spiro atoms. The number of rotatable bonds is 4. The minimum absolute atomic E-state index is 0.0376. The van der Waals surface area contributed by atoms with Crippen molar-refractivity contribution >= 4 is 17.1 Å². The molecular formula is C13H20N4O2. The maximum atomic E-state index is 10.7. The molecule has 0 aromatic heterocycles. The zero-order valence-corrected chi connectivity index (χ0v) is 11.1. The number of hydrogen-bond donors (Lipinski definition) is 3. The van der Waals surface area contributed by atoms with Gasteiger partial charge >= 0.3 is 0 Å². The van der Waals surface area contributed by atoms with Crippen LogP contribution in [-0.4, -0.2) is 24.1 Å². The Hall–Kier alpha value is -1.82. The van der Waals surface area contributed by atoms with Crippen LogP contribution in [0.1, 0.15) is 25.7 Å². The van der Waals surface area contributed by atoms with Gasteiger partial charge in [-0.2, -0.15) is 0 Å². The lowest BCUT2D eigenvalue weighted by molar-refractivity contribution is -0.383. The first kappa shape index (κ1) is 13.6. The second kappa shape index (κ2) is 5.88. The molecule has 1 aromatic rings. The highest BCUT2D eigenvalue weighted by atomic mass is 16.6. The minimum Gasteiger partial charge on any atom is -0.393 e. The van der Waals surface area contributed by atoms with E-state index in [1.165, 1.54) is 6.07 Å². The highest BCUT2D eigenvalue weighted by molar-refractivity contribution is 5.66. The first-order valence-electron chi connectivity index (χ1n) is 6.58. The van der Waals surface area contributed by atoms with Crippen LogP contribution in [0.4, 0.5) is 17.1 Å². The molecule has 1 fully saturated rings. The van der Waals surface area contributed by atoms with Crippen molar-refractivity contribution < 1.29 is 4.92 Å². The maximum Gasteiger partial charge on any atom is 0.292 e. The number of anilines is 2. The van der Waals surface area contributed by atoms with Crippen LogP contribution in [0.5, 0.6) is 0 Å². The van der Waals surface area contributed by atoms with Gasteiger partial charge in [0.2, 0.25) is 0 Å². The van der Waals surface area contributed by atoms with Gasteiger partial charge < -0.3 is 16.4 Å². The van der Waals surface area contributed by atoms with Crippen molar-refractivity contribution in [2.24, 2.45) is 0 Å². The Balaban J connectivity index is 1.97. The summed E-state index contributed by atoms with van der Waals surface area (Å²) in [6.07, 6.45) is 4.50. The first-order valence-corrected chi connectivity index (χ1v) is 6.58. The fraction of sp³-hybridized carbons (Fsp3) is 0.538. The highest BCUT2D eigenvalue weighted by Gasteiger charge is 2.20. The summed E-state index contributed by atoms with van der Waals surface area (Å²) in [7, 11) is 2.00. The summed E-state index contributed by atoms with van der Waals surface area (Å²) >= 11 is 0. The van der Waals surface area contributed by atoms with Crippen molar-refractivity contribution in [2.75, 3.05) is 18.1 Å². The predicted molar refractivity (Wildman–Crippen MR) is 76.2 cm³/mol. The van der Waals surface area contributed by atoms with Gasteiger partial charge in [0, 0.05) is 23.8 Å². The minimum atomic E-state index is -0.461. The van der Waals surface area contributed by atoms with Gasteiger partial charge in [0.15, 0.2) is 0 Å². The van der Waals surface area contributed by atoms with E-state index < -0.39 is 4.92 Å². The molecule has 0 radical (unpaired) electrons. The van der Waals surface area contributed by atoms with Crippen molar-refractivity contribution in [2.45, 2.75) is 37.8 Å². The van der Waals surface area contributed by atoms with Gasteiger partial charge in [-0.05, 0) is 44.9 Å². The fourth-order valence-electron chi connectivity index (χ4n) is 2.57.